The molecule has 0 fully saturated rings. The van der Waals surface area contributed by atoms with Crippen molar-refractivity contribution in [3.63, 3.8) is 0 Å². The average molecular weight is 277 g/mol. The molecule has 0 bridgehead atoms. The van der Waals surface area contributed by atoms with Gasteiger partial charge in [-0.3, -0.25) is 5.10 Å². The number of aliphatic hydroxyl groups is 1. The minimum atomic E-state index is -0.634. The van der Waals surface area contributed by atoms with E-state index in [9.17, 15) is 5.11 Å². The molecule has 2 aromatic heterocycles. The third-order valence-corrected chi connectivity index (χ3v) is 3.79. The first kappa shape index (κ1) is 14.8. The summed E-state index contributed by atoms with van der Waals surface area (Å²) in [6.07, 6.45) is 3.27. The summed E-state index contributed by atoms with van der Waals surface area (Å²) in [5.74, 6) is 1.66. The number of furan rings is 1. The van der Waals surface area contributed by atoms with Gasteiger partial charge in [-0.1, -0.05) is 13.8 Å². The Hall–Kier alpha value is -1.59. The van der Waals surface area contributed by atoms with Crippen LogP contribution in [0.3, 0.4) is 0 Å². The van der Waals surface area contributed by atoms with Crippen LogP contribution in [0.15, 0.2) is 22.7 Å². The van der Waals surface area contributed by atoms with E-state index in [1.54, 1.807) is 6.20 Å². The van der Waals surface area contributed by atoms with Crippen molar-refractivity contribution in [1.29, 1.82) is 0 Å². The number of aromatic nitrogens is 2. The predicted molar refractivity (Wildman–Crippen MR) is 78.3 cm³/mol. The lowest BCUT2D eigenvalue weighted by Gasteiger charge is -2.25. The molecule has 0 saturated carbocycles. The van der Waals surface area contributed by atoms with Crippen LogP contribution in [0, 0.1) is 6.92 Å². The molecule has 0 aliphatic rings. The first-order chi connectivity index (χ1) is 9.58. The Balaban J connectivity index is 2.00. The number of aromatic amines is 1. The molecule has 20 heavy (non-hydrogen) atoms. The van der Waals surface area contributed by atoms with Crippen LogP contribution in [-0.4, -0.2) is 27.4 Å². The van der Waals surface area contributed by atoms with E-state index in [1.165, 1.54) is 0 Å². The van der Waals surface area contributed by atoms with E-state index >= 15 is 0 Å². The van der Waals surface area contributed by atoms with Crippen molar-refractivity contribution in [3.8, 4) is 11.5 Å². The monoisotopic (exact) mass is 277 g/mol. The summed E-state index contributed by atoms with van der Waals surface area (Å²) in [4.78, 5) is 0. The zero-order valence-corrected chi connectivity index (χ0v) is 12.4. The molecule has 0 atom stereocenters. The third kappa shape index (κ3) is 3.29. The molecule has 0 saturated heterocycles. The van der Waals surface area contributed by atoms with Gasteiger partial charge in [-0.2, -0.15) is 5.10 Å². The van der Waals surface area contributed by atoms with Crippen molar-refractivity contribution in [2.75, 3.05) is 6.54 Å². The Morgan fingerprint density at radius 3 is 2.70 bits per heavy atom. The van der Waals surface area contributed by atoms with Crippen molar-refractivity contribution in [2.45, 2.75) is 45.8 Å². The standard InChI is InChI=1S/C15H23N3O2/c1-4-15(19,5-2)10-16-8-12-9-17-18-14(12)13-7-6-11(3)20-13/h6-7,9,16,19H,4-5,8,10H2,1-3H3,(H,17,18). The van der Waals surface area contributed by atoms with Crippen LogP contribution < -0.4 is 5.32 Å². The minimum Gasteiger partial charge on any atom is -0.460 e. The second-order valence-electron chi connectivity index (χ2n) is 5.22. The van der Waals surface area contributed by atoms with E-state index in [0.717, 1.165) is 35.6 Å². The lowest BCUT2D eigenvalue weighted by atomic mass is 9.97. The van der Waals surface area contributed by atoms with E-state index < -0.39 is 5.60 Å². The maximum absolute atomic E-state index is 10.2. The zero-order valence-electron chi connectivity index (χ0n) is 12.4. The van der Waals surface area contributed by atoms with Crippen molar-refractivity contribution in [3.05, 3.63) is 29.7 Å². The van der Waals surface area contributed by atoms with Gasteiger partial charge in [0.2, 0.25) is 0 Å². The molecule has 2 heterocycles. The highest BCUT2D eigenvalue weighted by molar-refractivity contribution is 5.56. The fourth-order valence-electron chi connectivity index (χ4n) is 2.16. The maximum atomic E-state index is 10.2. The van der Waals surface area contributed by atoms with Crippen LogP contribution in [0.2, 0.25) is 0 Å². The number of hydrogen-bond acceptors (Lipinski definition) is 4. The van der Waals surface area contributed by atoms with Crippen molar-refractivity contribution < 1.29 is 9.52 Å². The normalized spacial score (nSPS) is 12.0. The van der Waals surface area contributed by atoms with Crippen LogP contribution in [-0.2, 0) is 6.54 Å². The summed E-state index contributed by atoms with van der Waals surface area (Å²) in [5.41, 5.74) is 1.29. The largest absolute Gasteiger partial charge is 0.460 e. The summed E-state index contributed by atoms with van der Waals surface area (Å²) in [7, 11) is 0. The Kier molecular flexibility index (Phi) is 4.62. The van der Waals surface area contributed by atoms with E-state index in [0.29, 0.717) is 13.1 Å². The van der Waals surface area contributed by atoms with Gasteiger partial charge < -0.3 is 14.8 Å². The van der Waals surface area contributed by atoms with Crippen molar-refractivity contribution in [1.82, 2.24) is 15.5 Å². The second-order valence-corrected chi connectivity index (χ2v) is 5.22. The summed E-state index contributed by atoms with van der Waals surface area (Å²) in [5, 5.41) is 20.6. The van der Waals surface area contributed by atoms with E-state index in [1.807, 2.05) is 32.9 Å². The van der Waals surface area contributed by atoms with Gasteiger partial charge in [0.25, 0.3) is 0 Å². The molecule has 0 aliphatic carbocycles. The topological polar surface area (TPSA) is 74.1 Å². The molecule has 0 spiro atoms. The quantitative estimate of drug-likeness (QED) is 0.727. The molecule has 0 unspecified atom stereocenters. The zero-order chi connectivity index (χ0) is 14.6. The van der Waals surface area contributed by atoms with Gasteiger partial charge in [0.05, 0.1) is 11.8 Å². The smallest absolute Gasteiger partial charge is 0.152 e. The molecular weight excluding hydrogens is 254 g/mol. The Labute approximate surface area is 119 Å². The number of rotatable bonds is 7. The molecule has 110 valence electrons. The van der Waals surface area contributed by atoms with Gasteiger partial charge >= 0.3 is 0 Å². The van der Waals surface area contributed by atoms with E-state index in [-0.39, 0.29) is 0 Å². The second kappa shape index (κ2) is 6.24. The SMILES string of the molecule is CCC(O)(CC)CNCc1cn[nH]c1-c1ccc(C)o1. The number of H-pyrrole nitrogens is 1. The molecule has 0 amide bonds. The van der Waals surface area contributed by atoms with Crippen LogP contribution >= 0.6 is 0 Å². The lowest BCUT2D eigenvalue weighted by molar-refractivity contribution is 0.0323. The van der Waals surface area contributed by atoms with Gasteiger partial charge in [0.1, 0.15) is 11.5 Å². The Morgan fingerprint density at radius 2 is 2.10 bits per heavy atom. The van der Waals surface area contributed by atoms with Crippen LogP contribution in [0.4, 0.5) is 0 Å². The number of nitrogens with zero attached hydrogens (tertiary/aromatic N) is 1. The fraction of sp³-hybridized carbons (Fsp3) is 0.533. The molecule has 2 aromatic rings. The highest BCUT2D eigenvalue weighted by atomic mass is 16.3. The van der Waals surface area contributed by atoms with E-state index in [4.69, 9.17) is 4.42 Å². The van der Waals surface area contributed by atoms with Crippen LogP contribution in [0.5, 0.6) is 0 Å². The van der Waals surface area contributed by atoms with Gasteiger partial charge in [0, 0.05) is 18.7 Å². The van der Waals surface area contributed by atoms with Gasteiger partial charge in [0.15, 0.2) is 5.76 Å². The van der Waals surface area contributed by atoms with Crippen molar-refractivity contribution >= 4 is 0 Å². The molecule has 0 aliphatic heterocycles. The lowest BCUT2D eigenvalue weighted by Crippen LogP contribution is -2.39. The van der Waals surface area contributed by atoms with Gasteiger partial charge in [-0.25, -0.2) is 0 Å². The third-order valence-electron chi connectivity index (χ3n) is 3.79. The van der Waals surface area contributed by atoms with Gasteiger partial charge in [-0.05, 0) is 31.9 Å². The van der Waals surface area contributed by atoms with Crippen LogP contribution in [0.1, 0.15) is 38.0 Å². The average Bonchev–Trinajstić information content (AvgIpc) is 3.07. The maximum Gasteiger partial charge on any atom is 0.152 e. The summed E-state index contributed by atoms with van der Waals surface area (Å²) >= 11 is 0. The summed E-state index contributed by atoms with van der Waals surface area (Å²) in [6.45, 7) is 7.14. The van der Waals surface area contributed by atoms with Crippen molar-refractivity contribution in [2.24, 2.45) is 0 Å². The molecule has 0 aromatic carbocycles. The number of nitrogens with one attached hydrogen (secondary N) is 2. The van der Waals surface area contributed by atoms with Gasteiger partial charge in [-0.15, -0.1) is 0 Å². The molecule has 0 radical (unpaired) electrons. The molecule has 5 heteroatoms. The van der Waals surface area contributed by atoms with Crippen LogP contribution in [0.25, 0.3) is 11.5 Å². The molecular formula is C15H23N3O2. The molecule has 5 nitrogen and oxygen atoms in total. The highest BCUT2D eigenvalue weighted by Gasteiger charge is 2.21. The number of hydrogen-bond donors (Lipinski definition) is 3. The first-order valence-electron chi connectivity index (χ1n) is 7.10. The molecule has 3 N–H and O–H groups in total. The fourth-order valence-corrected chi connectivity index (χ4v) is 2.16. The predicted octanol–water partition coefficient (Wildman–Crippen LogP) is 2.62. The highest BCUT2D eigenvalue weighted by Crippen LogP contribution is 2.23. The number of aryl methyl sites for hydroxylation is 1. The van der Waals surface area contributed by atoms with E-state index in [2.05, 4.69) is 15.5 Å². The Morgan fingerprint density at radius 1 is 1.35 bits per heavy atom. The summed E-state index contributed by atoms with van der Waals surface area (Å²) < 4.78 is 5.61. The first-order valence-corrected chi connectivity index (χ1v) is 7.10. The minimum absolute atomic E-state index is 0.571. The Bertz CT molecular complexity index is 541. The summed E-state index contributed by atoms with van der Waals surface area (Å²) in [6, 6.07) is 3.86. The molecule has 2 rings (SSSR count).